The number of carbonyl (C=O) groups excluding carboxylic acids is 1. The second-order valence-corrected chi connectivity index (χ2v) is 6.01. The smallest absolute Gasteiger partial charge is 0.272 e. The predicted molar refractivity (Wildman–Crippen MR) is 83.8 cm³/mol. The third-order valence-electron chi connectivity index (χ3n) is 4.09. The summed E-state index contributed by atoms with van der Waals surface area (Å²) >= 11 is 5.90. The number of aliphatic hydroxyl groups is 1. The van der Waals surface area contributed by atoms with Crippen LogP contribution >= 0.6 is 11.6 Å². The second kappa shape index (κ2) is 6.50. The number of aromatic nitrogens is 2. The molecule has 2 aromatic rings. The third-order valence-corrected chi connectivity index (χ3v) is 4.35. The molecule has 0 spiro atoms. The molecular formula is C16H18ClN3O2. The molecule has 2 N–H and O–H groups in total. The van der Waals surface area contributed by atoms with Crippen LogP contribution in [0.1, 0.15) is 28.9 Å². The number of rotatable bonds is 3. The van der Waals surface area contributed by atoms with Crippen LogP contribution in [-0.2, 0) is 6.42 Å². The molecule has 1 saturated heterocycles. The van der Waals surface area contributed by atoms with Crippen molar-refractivity contribution in [3.63, 3.8) is 0 Å². The Morgan fingerprint density at radius 3 is 2.82 bits per heavy atom. The topological polar surface area (TPSA) is 69.2 Å². The number of H-pyrrole nitrogens is 1. The summed E-state index contributed by atoms with van der Waals surface area (Å²) in [6.45, 7) is 0.646. The number of piperidine rings is 1. The number of carbonyl (C=O) groups is 1. The first-order valence-electron chi connectivity index (χ1n) is 7.38. The van der Waals surface area contributed by atoms with E-state index >= 15 is 0 Å². The highest BCUT2D eigenvalue weighted by Gasteiger charge is 2.34. The first-order valence-corrected chi connectivity index (χ1v) is 7.76. The largest absolute Gasteiger partial charge is 0.391 e. The van der Waals surface area contributed by atoms with Gasteiger partial charge < -0.3 is 10.0 Å². The van der Waals surface area contributed by atoms with E-state index in [9.17, 15) is 9.90 Å². The number of aromatic amines is 1. The minimum absolute atomic E-state index is 0.116. The van der Waals surface area contributed by atoms with Crippen LogP contribution in [0.25, 0.3) is 0 Å². The average Bonchev–Trinajstić information content (AvgIpc) is 3.05. The van der Waals surface area contributed by atoms with Crippen LogP contribution in [0, 0.1) is 0 Å². The standard InChI is InChI=1S/C16H18ClN3O2/c17-12-5-3-11(4-6-12)10-14-15(21)2-1-9-20(14)16(22)13-7-8-18-19-13/h3-8,14-15,21H,1-2,9-10H2,(H,18,19)/t14-,15-/m0/s1. The van der Waals surface area contributed by atoms with Crippen LogP contribution in [0.3, 0.4) is 0 Å². The van der Waals surface area contributed by atoms with Crippen LogP contribution < -0.4 is 0 Å². The summed E-state index contributed by atoms with van der Waals surface area (Å²) in [6, 6.07) is 8.94. The van der Waals surface area contributed by atoms with Crippen LogP contribution in [0.15, 0.2) is 36.5 Å². The van der Waals surface area contributed by atoms with E-state index in [1.807, 2.05) is 24.3 Å². The minimum Gasteiger partial charge on any atom is -0.391 e. The zero-order valence-corrected chi connectivity index (χ0v) is 12.8. The highest BCUT2D eigenvalue weighted by molar-refractivity contribution is 6.30. The fourth-order valence-electron chi connectivity index (χ4n) is 2.93. The Morgan fingerprint density at radius 1 is 1.36 bits per heavy atom. The Labute approximate surface area is 133 Å². The van der Waals surface area contributed by atoms with Crippen molar-refractivity contribution in [1.82, 2.24) is 15.1 Å². The monoisotopic (exact) mass is 319 g/mol. The molecule has 0 bridgehead atoms. The molecule has 0 radical (unpaired) electrons. The van der Waals surface area contributed by atoms with E-state index in [1.54, 1.807) is 17.2 Å². The number of aliphatic hydroxyl groups excluding tert-OH is 1. The van der Waals surface area contributed by atoms with Gasteiger partial charge >= 0.3 is 0 Å². The van der Waals surface area contributed by atoms with Crippen molar-refractivity contribution in [1.29, 1.82) is 0 Å². The molecule has 0 saturated carbocycles. The number of halogens is 1. The Balaban J connectivity index is 1.81. The summed E-state index contributed by atoms with van der Waals surface area (Å²) in [5, 5.41) is 17.6. The average molecular weight is 320 g/mol. The zero-order chi connectivity index (χ0) is 15.5. The molecule has 1 aromatic heterocycles. The molecule has 1 aromatic carbocycles. The van der Waals surface area contributed by atoms with Gasteiger partial charge in [-0.2, -0.15) is 5.10 Å². The van der Waals surface area contributed by atoms with Gasteiger partial charge in [0.15, 0.2) is 0 Å². The summed E-state index contributed by atoms with van der Waals surface area (Å²) < 4.78 is 0. The van der Waals surface area contributed by atoms with Gasteiger partial charge in [-0.3, -0.25) is 9.89 Å². The van der Waals surface area contributed by atoms with Crippen LogP contribution in [0.2, 0.25) is 5.02 Å². The first-order chi connectivity index (χ1) is 10.6. The van der Waals surface area contributed by atoms with Gasteiger partial charge in [0.2, 0.25) is 0 Å². The van der Waals surface area contributed by atoms with E-state index in [4.69, 9.17) is 11.6 Å². The Bertz CT molecular complexity index is 627. The number of likely N-dealkylation sites (tertiary alicyclic amines) is 1. The van der Waals surface area contributed by atoms with Crippen LogP contribution in [0.4, 0.5) is 0 Å². The maximum absolute atomic E-state index is 12.6. The molecule has 0 aliphatic carbocycles. The van der Waals surface area contributed by atoms with Gasteiger partial charge in [0.25, 0.3) is 5.91 Å². The molecule has 1 fully saturated rings. The SMILES string of the molecule is O=C(c1ccn[nH]1)N1CCC[C@H](O)[C@@H]1Cc1ccc(Cl)cc1. The minimum atomic E-state index is -0.517. The van der Waals surface area contributed by atoms with Gasteiger partial charge in [0, 0.05) is 17.8 Å². The molecular weight excluding hydrogens is 302 g/mol. The highest BCUT2D eigenvalue weighted by atomic mass is 35.5. The summed E-state index contributed by atoms with van der Waals surface area (Å²) in [4.78, 5) is 14.3. The van der Waals surface area contributed by atoms with Gasteiger partial charge in [0.05, 0.1) is 12.1 Å². The first kappa shape index (κ1) is 15.1. The van der Waals surface area contributed by atoms with Gasteiger partial charge in [-0.15, -0.1) is 0 Å². The van der Waals surface area contributed by atoms with E-state index in [1.165, 1.54) is 0 Å². The quantitative estimate of drug-likeness (QED) is 0.912. The van der Waals surface area contributed by atoms with Crippen molar-refractivity contribution >= 4 is 17.5 Å². The number of hydrogen-bond donors (Lipinski definition) is 2. The second-order valence-electron chi connectivity index (χ2n) is 5.58. The van der Waals surface area contributed by atoms with Crippen molar-refractivity contribution in [2.45, 2.75) is 31.4 Å². The van der Waals surface area contributed by atoms with Gasteiger partial charge in [-0.25, -0.2) is 0 Å². The van der Waals surface area contributed by atoms with Crippen LogP contribution in [-0.4, -0.2) is 44.8 Å². The normalized spacial score (nSPS) is 21.8. The van der Waals surface area contributed by atoms with Crippen molar-refractivity contribution in [2.24, 2.45) is 0 Å². The zero-order valence-electron chi connectivity index (χ0n) is 12.1. The summed E-state index contributed by atoms with van der Waals surface area (Å²) in [5.74, 6) is -0.116. The molecule has 1 aliphatic rings. The molecule has 2 heterocycles. The van der Waals surface area contributed by atoms with Gasteiger partial charge in [-0.05, 0) is 43.0 Å². The molecule has 116 valence electrons. The van der Waals surface area contributed by atoms with Crippen molar-refractivity contribution in [3.05, 3.63) is 52.8 Å². The van der Waals surface area contributed by atoms with E-state index in [-0.39, 0.29) is 11.9 Å². The van der Waals surface area contributed by atoms with Crippen molar-refractivity contribution < 1.29 is 9.90 Å². The van der Waals surface area contributed by atoms with Crippen LogP contribution in [0.5, 0.6) is 0 Å². The summed E-state index contributed by atoms with van der Waals surface area (Å²) in [5.41, 5.74) is 1.51. The fraction of sp³-hybridized carbons (Fsp3) is 0.375. The van der Waals surface area contributed by atoms with Crippen molar-refractivity contribution in [3.8, 4) is 0 Å². The lowest BCUT2D eigenvalue weighted by Crippen LogP contribution is -2.52. The summed E-state index contributed by atoms with van der Waals surface area (Å²) in [7, 11) is 0. The lowest BCUT2D eigenvalue weighted by Gasteiger charge is -2.39. The Morgan fingerprint density at radius 2 is 2.14 bits per heavy atom. The van der Waals surface area contributed by atoms with Crippen molar-refractivity contribution in [2.75, 3.05) is 6.54 Å². The lowest BCUT2D eigenvalue weighted by molar-refractivity contribution is 0.0115. The lowest BCUT2D eigenvalue weighted by atomic mass is 9.92. The number of hydrogen-bond acceptors (Lipinski definition) is 3. The summed E-state index contributed by atoms with van der Waals surface area (Å²) in [6.07, 6.45) is 3.17. The molecule has 5 nitrogen and oxygen atoms in total. The molecule has 1 aliphatic heterocycles. The molecule has 6 heteroatoms. The highest BCUT2D eigenvalue weighted by Crippen LogP contribution is 2.23. The Hall–Kier alpha value is -1.85. The van der Waals surface area contributed by atoms with Gasteiger partial charge in [0.1, 0.15) is 5.69 Å². The number of nitrogens with one attached hydrogen (secondary N) is 1. The van der Waals surface area contributed by atoms with E-state index in [2.05, 4.69) is 10.2 Å². The maximum atomic E-state index is 12.6. The maximum Gasteiger partial charge on any atom is 0.272 e. The van der Waals surface area contributed by atoms with E-state index in [0.717, 1.165) is 12.0 Å². The third kappa shape index (κ3) is 3.15. The van der Waals surface area contributed by atoms with Gasteiger partial charge in [-0.1, -0.05) is 23.7 Å². The predicted octanol–water partition coefficient (Wildman–Crippen LogP) is 2.27. The Kier molecular flexibility index (Phi) is 4.45. The number of amides is 1. The molecule has 1 amide bonds. The fourth-order valence-corrected chi connectivity index (χ4v) is 3.05. The van der Waals surface area contributed by atoms with E-state index < -0.39 is 6.10 Å². The molecule has 3 rings (SSSR count). The van der Waals surface area contributed by atoms with E-state index in [0.29, 0.717) is 30.1 Å². The molecule has 2 atom stereocenters. The molecule has 22 heavy (non-hydrogen) atoms. The molecule has 0 unspecified atom stereocenters. The number of benzene rings is 1. The number of nitrogens with zero attached hydrogens (tertiary/aromatic N) is 2.